The predicted molar refractivity (Wildman–Crippen MR) is 269 cm³/mol. The van der Waals surface area contributed by atoms with E-state index >= 15 is 4.39 Å². The van der Waals surface area contributed by atoms with Crippen LogP contribution in [0.15, 0.2) is 33.7 Å². The van der Waals surface area contributed by atoms with Gasteiger partial charge < -0.3 is 55.1 Å². The fraction of sp³-hybridized carbons (Fsp3) is 0.745. The van der Waals surface area contributed by atoms with Gasteiger partial charge in [0.05, 0.1) is 41.9 Å². The number of likely N-dealkylation sites (N-methyl/N-ethyl adjacent to an activating group) is 1. The van der Waals surface area contributed by atoms with E-state index in [4.69, 9.17) is 34.5 Å². The van der Waals surface area contributed by atoms with Gasteiger partial charge in [-0.05, 0) is 110 Å². The van der Waals surface area contributed by atoms with Crippen LogP contribution in [0, 0.1) is 29.6 Å². The number of aliphatic imine (C=N–C) groups is 1. The summed E-state index contributed by atoms with van der Waals surface area (Å²) in [5, 5.41) is 46.3. The smallest absolute Gasteiger partial charge is 0.346 e. The highest BCUT2D eigenvalue weighted by Gasteiger charge is 2.56. The number of hydrogen-bond acceptors (Lipinski definition) is 17. The van der Waals surface area contributed by atoms with Crippen LogP contribution in [0.3, 0.4) is 0 Å². The zero-order valence-electron chi connectivity index (χ0n) is 43.9. The molecule has 2 amide bonds. The number of anilines is 1. The van der Waals surface area contributed by atoms with Crippen molar-refractivity contribution in [3.05, 3.63) is 29.3 Å². The number of alkyl halides is 1. The SMILES string of the molecule is CCC(=O)N=C1[C@H](C)C[C@@]2(C)OC/C(=N/OCc3csc(-c4cccc(NC(=O)[C@@H](N)CC(C)C)n4)n3)CC[C@H]([C@H]1C)[C@](C)(O)[C@@H](CC)OC(=O)[C@@](C)(F)C(O)[C@H](C)[C@H]2O[C@@H]1O[C@H](C)C[C@H](N(C)C)[C@H]1O. The molecule has 15 atom stereocenters. The second-order valence-corrected chi connectivity index (χ2v) is 22.0. The van der Waals surface area contributed by atoms with Gasteiger partial charge in [-0.1, -0.05) is 59.7 Å². The number of halogens is 1. The first-order chi connectivity index (χ1) is 33.2. The molecule has 0 saturated carbocycles. The van der Waals surface area contributed by atoms with Crippen LogP contribution in [-0.2, 0) is 44.8 Å². The number of nitrogens with two attached hydrogens (primary N) is 1. The van der Waals surface area contributed by atoms with Gasteiger partial charge in [0.1, 0.15) is 40.4 Å². The quantitative estimate of drug-likeness (QED) is 0.110. The van der Waals surface area contributed by atoms with E-state index in [9.17, 15) is 29.7 Å². The Morgan fingerprint density at radius 3 is 2.46 bits per heavy atom. The highest BCUT2D eigenvalue weighted by molar-refractivity contribution is 7.13. The topological polar surface area (TPSA) is 250 Å². The average molecular weight is 1020 g/mol. The number of aliphatic hydroxyl groups is 3. The molecule has 71 heavy (non-hydrogen) atoms. The van der Waals surface area contributed by atoms with E-state index in [1.54, 1.807) is 39.0 Å². The van der Waals surface area contributed by atoms with Gasteiger partial charge in [0.15, 0.2) is 12.9 Å². The van der Waals surface area contributed by atoms with Crippen molar-refractivity contribution in [2.75, 3.05) is 26.0 Å². The number of pyridine rings is 1. The van der Waals surface area contributed by atoms with Gasteiger partial charge in [0.2, 0.25) is 17.5 Å². The van der Waals surface area contributed by atoms with E-state index < -0.39 is 89.3 Å². The molecule has 398 valence electrons. The van der Waals surface area contributed by atoms with Crippen molar-refractivity contribution >= 4 is 46.4 Å². The van der Waals surface area contributed by atoms with Crippen LogP contribution in [0.5, 0.6) is 0 Å². The molecule has 2 bridgehead atoms. The minimum absolute atomic E-state index is 0.0533. The van der Waals surface area contributed by atoms with Crippen molar-refractivity contribution < 1.29 is 57.9 Å². The largest absolute Gasteiger partial charge is 0.457 e. The van der Waals surface area contributed by atoms with Crippen LogP contribution < -0.4 is 11.1 Å². The summed E-state index contributed by atoms with van der Waals surface area (Å²) in [5.74, 6) is -4.67. The molecule has 2 aromatic heterocycles. The lowest BCUT2D eigenvalue weighted by molar-refractivity contribution is -0.303. The number of cyclic esters (lactones) is 1. The number of ether oxygens (including phenoxy) is 4. The van der Waals surface area contributed by atoms with Crippen LogP contribution in [0.1, 0.15) is 127 Å². The van der Waals surface area contributed by atoms with Gasteiger partial charge in [-0.3, -0.25) is 9.59 Å². The van der Waals surface area contributed by atoms with E-state index in [1.165, 1.54) is 25.2 Å². The first kappa shape index (κ1) is 58.0. The number of aromatic nitrogens is 2. The number of rotatable bonds is 13. The lowest BCUT2D eigenvalue weighted by atomic mass is 9.68. The number of carbonyl (C=O) groups excluding carboxylic acids is 3. The van der Waals surface area contributed by atoms with Crippen LogP contribution in [0.4, 0.5) is 10.2 Å². The molecule has 2 aromatic rings. The minimum atomic E-state index is -3.01. The monoisotopic (exact) mass is 1020 g/mol. The maximum absolute atomic E-state index is 17.2. The van der Waals surface area contributed by atoms with Crippen molar-refractivity contribution in [3.8, 4) is 10.7 Å². The molecule has 3 aliphatic heterocycles. The molecule has 5 rings (SSSR count). The van der Waals surface area contributed by atoms with Crippen molar-refractivity contribution in [1.29, 1.82) is 0 Å². The Morgan fingerprint density at radius 1 is 1.11 bits per heavy atom. The summed E-state index contributed by atoms with van der Waals surface area (Å²) in [4.78, 5) is 62.0. The number of fused-ring (bicyclic) bond motifs is 5. The Kier molecular flexibility index (Phi) is 20.0. The van der Waals surface area contributed by atoms with Crippen molar-refractivity contribution in [1.82, 2.24) is 14.9 Å². The summed E-state index contributed by atoms with van der Waals surface area (Å²) in [5.41, 5.74) is 1.70. The number of esters is 1. The molecular weight excluding hydrogens is 938 g/mol. The van der Waals surface area contributed by atoms with E-state index in [0.29, 0.717) is 46.5 Å². The number of oxime groups is 1. The summed E-state index contributed by atoms with van der Waals surface area (Å²) < 4.78 is 43.1. The second kappa shape index (κ2) is 24.4. The number of amides is 2. The minimum Gasteiger partial charge on any atom is -0.457 e. The number of carbonyl (C=O) groups is 3. The molecule has 3 fully saturated rings. The van der Waals surface area contributed by atoms with Gasteiger partial charge in [0, 0.05) is 35.4 Å². The number of thiazole rings is 1. The van der Waals surface area contributed by atoms with Crippen LogP contribution in [0.2, 0.25) is 0 Å². The normalized spacial score (nSPS) is 36.2. The van der Waals surface area contributed by atoms with E-state index in [1.807, 2.05) is 59.0 Å². The number of nitrogens with one attached hydrogen (secondary N) is 1. The molecule has 18 nitrogen and oxygen atoms in total. The van der Waals surface area contributed by atoms with Gasteiger partial charge in [-0.15, -0.1) is 11.3 Å². The number of aliphatic hydroxyl groups excluding tert-OH is 2. The predicted octanol–water partition coefficient (Wildman–Crippen LogP) is 6.24. The maximum atomic E-state index is 17.2. The Hall–Kier alpha value is -3.86. The number of nitrogens with zero attached hydrogens (tertiary/aromatic N) is 5. The molecule has 3 aliphatic rings. The first-order valence-corrected chi connectivity index (χ1v) is 26.0. The Labute approximate surface area is 422 Å². The van der Waals surface area contributed by atoms with Crippen LogP contribution >= 0.6 is 11.3 Å². The highest BCUT2D eigenvalue weighted by atomic mass is 32.1. The van der Waals surface area contributed by atoms with E-state index in [2.05, 4.69) is 20.4 Å². The second-order valence-electron chi connectivity index (χ2n) is 21.2. The zero-order valence-corrected chi connectivity index (χ0v) is 44.7. The molecular formula is C51H80FN7O11S. The lowest BCUT2D eigenvalue weighted by Crippen LogP contribution is -2.62. The molecule has 0 aromatic carbocycles. The summed E-state index contributed by atoms with van der Waals surface area (Å²) in [6, 6.07) is 4.16. The van der Waals surface area contributed by atoms with Crippen LogP contribution in [-0.4, -0.2) is 146 Å². The molecule has 6 N–H and O–H groups in total. The van der Waals surface area contributed by atoms with Crippen LogP contribution in [0.25, 0.3) is 10.7 Å². The summed E-state index contributed by atoms with van der Waals surface area (Å²) in [6.07, 6.45) is -5.80. The summed E-state index contributed by atoms with van der Waals surface area (Å²) in [7, 11) is 3.67. The fourth-order valence-electron chi connectivity index (χ4n) is 10.5. The fourth-order valence-corrected chi connectivity index (χ4v) is 11.2. The third kappa shape index (κ3) is 14.1. The van der Waals surface area contributed by atoms with Crippen molar-refractivity contribution in [2.45, 2.75) is 193 Å². The Morgan fingerprint density at radius 2 is 1.82 bits per heavy atom. The lowest BCUT2D eigenvalue weighted by Gasteiger charge is -2.49. The highest BCUT2D eigenvalue weighted by Crippen LogP contribution is 2.44. The maximum Gasteiger partial charge on any atom is 0.346 e. The van der Waals surface area contributed by atoms with Gasteiger partial charge in [-0.2, -0.15) is 0 Å². The number of hydrogen-bond donors (Lipinski definition) is 5. The zero-order chi connectivity index (χ0) is 52.7. The Balaban J connectivity index is 1.59. The summed E-state index contributed by atoms with van der Waals surface area (Å²) >= 11 is 1.33. The molecule has 5 heterocycles. The van der Waals surface area contributed by atoms with Gasteiger partial charge >= 0.3 is 5.97 Å². The third-order valence-corrected chi connectivity index (χ3v) is 15.4. The Bertz CT molecular complexity index is 2190. The molecule has 3 saturated heterocycles. The molecule has 0 radical (unpaired) electrons. The molecule has 0 aliphatic carbocycles. The average Bonchev–Trinajstić information content (AvgIpc) is 3.78. The molecule has 20 heteroatoms. The molecule has 1 unspecified atom stereocenters. The molecule has 0 spiro atoms. The van der Waals surface area contributed by atoms with Gasteiger partial charge in [-0.25, -0.2) is 24.1 Å². The standard InChI is InChI=1S/C51H80FN7O11S/c1-14-38-51(11,65)34-20-19-32(58-67-25-33-26-71-46(54-33)36-17-16-18-39(55-36)56-45(63)35(53)21-27(3)4)24-66-49(9,23-28(5)41(30(34)7)57-40(60)15-2)44(31(8)43(62)50(10,52)48(64)69-38)70-47-42(61)37(59(12)13)22-29(6)68-47/h16-18,26-31,34-35,37-38,42-44,47,61-62,65H,14-15,19-25,53H2,1-13H3,(H,55,56,63)/b57-41?,58-32+/t28-,29-,30-,31+,34-,35+,37+,38-,42-,43?,44-,47+,49-,50+,51+/m1/s1. The van der Waals surface area contributed by atoms with Crippen molar-refractivity contribution in [2.24, 2.45) is 45.5 Å². The summed E-state index contributed by atoms with van der Waals surface area (Å²) in [6.45, 7) is 18.6. The van der Waals surface area contributed by atoms with Gasteiger partial charge in [0.25, 0.3) is 0 Å². The van der Waals surface area contributed by atoms with Crippen molar-refractivity contribution in [3.63, 3.8) is 0 Å². The van der Waals surface area contributed by atoms with E-state index in [0.717, 1.165) is 6.92 Å². The first-order valence-electron chi connectivity index (χ1n) is 25.1. The van der Waals surface area contributed by atoms with E-state index in [-0.39, 0.29) is 69.2 Å². The third-order valence-electron chi connectivity index (χ3n) is 14.5.